The number of nitrogens with zero attached hydrogens (tertiary/aromatic N) is 4. The van der Waals surface area contributed by atoms with Gasteiger partial charge in [-0.05, 0) is 19.3 Å². The second-order valence-electron chi connectivity index (χ2n) is 5.36. The summed E-state index contributed by atoms with van der Waals surface area (Å²) in [4.78, 5) is 11.5. The van der Waals surface area contributed by atoms with Crippen molar-refractivity contribution in [2.75, 3.05) is 16.9 Å². The Bertz CT molecular complexity index is 578. The molecule has 6 nitrogen and oxygen atoms in total. The molecule has 108 valence electrons. The molecule has 0 saturated carbocycles. The van der Waals surface area contributed by atoms with Crippen molar-refractivity contribution in [1.82, 2.24) is 14.4 Å². The highest BCUT2D eigenvalue weighted by molar-refractivity contribution is 5.67. The third-order valence-electron chi connectivity index (χ3n) is 4.12. The minimum absolute atomic E-state index is 0.540. The third-order valence-corrected chi connectivity index (χ3v) is 4.12. The van der Waals surface area contributed by atoms with Gasteiger partial charge >= 0.3 is 0 Å². The molecule has 6 heteroatoms. The number of aromatic nitrogens is 3. The van der Waals surface area contributed by atoms with Gasteiger partial charge in [0.05, 0.1) is 6.20 Å². The number of nitrogens with one attached hydrogen (secondary N) is 1. The molecule has 1 aliphatic heterocycles. The highest BCUT2D eigenvalue weighted by Gasteiger charge is 2.23. The predicted octanol–water partition coefficient (Wildman–Crippen LogP) is 2.17. The van der Waals surface area contributed by atoms with Crippen LogP contribution in [0.2, 0.25) is 0 Å². The number of hydrogen-bond donors (Lipinski definition) is 2. The summed E-state index contributed by atoms with van der Waals surface area (Å²) in [5, 5.41) is 0. The maximum absolute atomic E-state index is 5.54. The van der Waals surface area contributed by atoms with E-state index in [1.807, 2.05) is 16.8 Å². The Hall–Kier alpha value is -1.82. The van der Waals surface area contributed by atoms with Crippen LogP contribution in [0.3, 0.4) is 0 Å². The summed E-state index contributed by atoms with van der Waals surface area (Å²) < 4.78 is 1.98. The van der Waals surface area contributed by atoms with Gasteiger partial charge in [0.25, 0.3) is 0 Å². The molecule has 0 amide bonds. The average Bonchev–Trinajstić information content (AvgIpc) is 2.82. The van der Waals surface area contributed by atoms with E-state index in [2.05, 4.69) is 27.2 Å². The molecule has 1 aliphatic rings. The molecule has 0 bridgehead atoms. The van der Waals surface area contributed by atoms with Gasteiger partial charge in [0.2, 0.25) is 0 Å². The maximum Gasteiger partial charge on any atom is 0.180 e. The Kier molecular flexibility index (Phi) is 3.73. The molecule has 1 fully saturated rings. The lowest BCUT2D eigenvalue weighted by molar-refractivity contribution is 0.552. The van der Waals surface area contributed by atoms with E-state index in [0.717, 1.165) is 24.4 Å². The van der Waals surface area contributed by atoms with Crippen LogP contribution < -0.4 is 16.2 Å². The molecule has 3 N–H and O–H groups in total. The Labute approximate surface area is 119 Å². The summed E-state index contributed by atoms with van der Waals surface area (Å²) >= 11 is 0. The van der Waals surface area contributed by atoms with Crippen LogP contribution in [-0.4, -0.2) is 27.0 Å². The van der Waals surface area contributed by atoms with E-state index in [9.17, 15) is 0 Å². The SMILES string of the molecule is CCC1CCCCCN1c1nc(NN)cn2ccnc12. The summed E-state index contributed by atoms with van der Waals surface area (Å²) in [6, 6.07) is 0.540. The molecule has 3 rings (SSSR count). The Balaban J connectivity index is 2.08. The van der Waals surface area contributed by atoms with Crippen molar-refractivity contribution in [2.24, 2.45) is 5.84 Å². The van der Waals surface area contributed by atoms with Gasteiger partial charge in [0, 0.05) is 25.0 Å². The van der Waals surface area contributed by atoms with E-state index in [4.69, 9.17) is 5.84 Å². The Morgan fingerprint density at radius 2 is 2.30 bits per heavy atom. The fraction of sp³-hybridized carbons (Fsp3) is 0.571. The van der Waals surface area contributed by atoms with Crippen molar-refractivity contribution in [3.8, 4) is 0 Å². The van der Waals surface area contributed by atoms with Gasteiger partial charge in [-0.2, -0.15) is 0 Å². The van der Waals surface area contributed by atoms with Crippen LogP contribution >= 0.6 is 0 Å². The zero-order chi connectivity index (χ0) is 13.9. The first kappa shape index (κ1) is 13.2. The van der Waals surface area contributed by atoms with E-state index in [1.165, 1.54) is 25.7 Å². The van der Waals surface area contributed by atoms with E-state index >= 15 is 0 Å². The maximum atomic E-state index is 5.54. The molecule has 0 aliphatic carbocycles. The van der Waals surface area contributed by atoms with Crippen LogP contribution in [0.4, 0.5) is 11.6 Å². The smallest absolute Gasteiger partial charge is 0.180 e. The van der Waals surface area contributed by atoms with Crippen molar-refractivity contribution in [3.63, 3.8) is 0 Å². The number of nitrogen functional groups attached to an aromatic ring is 1. The Morgan fingerprint density at radius 1 is 1.40 bits per heavy atom. The molecular weight excluding hydrogens is 252 g/mol. The molecule has 0 spiro atoms. The summed E-state index contributed by atoms with van der Waals surface area (Å²) in [5.41, 5.74) is 3.56. The van der Waals surface area contributed by atoms with Crippen LogP contribution in [0.5, 0.6) is 0 Å². The number of hydrazine groups is 1. The summed E-state index contributed by atoms with van der Waals surface area (Å²) in [6.07, 6.45) is 11.8. The minimum Gasteiger partial charge on any atom is -0.350 e. The molecule has 0 radical (unpaired) electrons. The minimum atomic E-state index is 0.540. The van der Waals surface area contributed by atoms with Gasteiger partial charge in [-0.3, -0.25) is 0 Å². The van der Waals surface area contributed by atoms with Crippen molar-refractivity contribution in [1.29, 1.82) is 0 Å². The second kappa shape index (κ2) is 5.66. The number of imidazole rings is 1. The van der Waals surface area contributed by atoms with Crippen LogP contribution in [0.15, 0.2) is 18.6 Å². The van der Waals surface area contributed by atoms with Gasteiger partial charge in [-0.1, -0.05) is 19.8 Å². The quantitative estimate of drug-likeness (QED) is 0.663. The van der Waals surface area contributed by atoms with E-state index in [1.54, 1.807) is 6.20 Å². The fourth-order valence-electron chi connectivity index (χ4n) is 3.06. The Morgan fingerprint density at radius 3 is 3.10 bits per heavy atom. The number of fused-ring (bicyclic) bond motifs is 1. The first-order valence-corrected chi connectivity index (χ1v) is 7.40. The van der Waals surface area contributed by atoms with Crippen molar-refractivity contribution >= 4 is 17.3 Å². The monoisotopic (exact) mass is 274 g/mol. The molecule has 1 saturated heterocycles. The molecule has 3 heterocycles. The van der Waals surface area contributed by atoms with Crippen LogP contribution in [0.25, 0.3) is 5.65 Å². The predicted molar refractivity (Wildman–Crippen MR) is 80.7 cm³/mol. The van der Waals surface area contributed by atoms with Gasteiger partial charge < -0.3 is 14.7 Å². The molecule has 0 aromatic carbocycles. The fourth-order valence-corrected chi connectivity index (χ4v) is 3.06. The number of nitrogens with two attached hydrogens (primary N) is 1. The van der Waals surface area contributed by atoms with Gasteiger partial charge in [-0.25, -0.2) is 15.8 Å². The zero-order valence-electron chi connectivity index (χ0n) is 11.9. The lowest BCUT2D eigenvalue weighted by atomic mass is 10.1. The van der Waals surface area contributed by atoms with E-state index in [0.29, 0.717) is 11.9 Å². The molecule has 2 aromatic rings. The first-order valence-electron chi connectivity index (χ1n) is 7.40. The zero-order valence-corrected chi connectivity index (χ0v) is 11.9. The highest BCUT2D eigenvalue weighted by atomic mass is 15.3. The third kappa shape index (κ3) is 2.31. The van der Waals surface area contributed by atoms with Crippen molar-refractivity contribution in [3.05, 3.63) is 18.6 Å². The van der Waals surface area contributed by atoms with E-state index < -0.39 is 0 Å². The van der Waals surface area contributed by atoms with Crippen LogP contribution in [0.1, 0.15) is 39.0 Å². The number of rotatable bonds is 3. The average molecular weight is 274 g/mol. The summed E-state index contributed by atoms with van der Waals surface area (Å²) in [5.74, 6) is 7.16. The number of hydrogen-bond acceptors (Lipinski definition) is 5. The standard InChI is InChI=1S/C14H22N6/c1-2-11-6-4-3-5-8-20(11)14-13-16-7-9-19(13)10-12(17-14)18-15/h7,9-11,18H,2-6,8,15H2,1H3. The topological polar surface area (TPSA) is 71.5 Å². The van der Waals surface area contributed by atoms with Crippen LogP contribution in [0, 0.1) is 0 Å². The largest absolute Gasteiger partial charge is 0.350 e. The molecular formula is C14H22N6. The first-order chi connectivity index (χ1) is 9.83. The molecule has 1 atom stereocenters. The number of anilines is 2. The normalized spacial score (nSPS) is 20.1. The molecule has 1 unspecified atom stereocenters. The van der Waals surface area contributed by atoms with Crippen molar-refractivity contribution in [2.45, 2.75) is 45.1 Å². The highest BCUT2D eigenvalue weighted by Crippen LogP contribution is 2.28. The lowest BCUT2D eigenvalue weighted by Gasteiger charge is -2.30. The summed E-state index contributed by atoms with van der Waals surface area (Å²) in [7, 11) is 0. The molecule has 20 heavy (non-hydrogen) atoms. The lowest BCUT2D eigenvalue weighted by Crippen LogP contribution is -2.35. The van der Waals surface area contributed by atoms with Crippen molar-refractivity contribution < 1.29 is 0 Å². The second-order valence-corrected chi connectivity index (χ2v) is 5.36. The van der Waals surface area contributed by atoms with Gasteiger partial charge in [-0.15, -0.1) is 0 Å². The van der Waals surface area contributed by atoms with E-state index in [-0.39, 0.29) is 0 Å². The van der Waals surface area contributed by atoms with Crippen LogP contribution in [-0.2, 0) is 0 Å². The van der Waals surface area contributed by atoms with Gasteiger partial charge in [0.1, 0.15) is 0 Å². The van der Waals surface area contributed by atoms with Gasteiger partial charge in [0.15, 0.2) is 17.3 Å². The molecule has 2 aromatic heterocycles. The summed E-state index contributed by atoms with van der Waals surface area (Å²) in [6.45, 7) is 3.29.